The van der Waals surface area contributed by atoms with Crippen LogP contribution in [0.1, 0.15) is 49.1 Å². The van der Waals surface area contributed by atoms with Crippen LogP contribution in [0, 0.1) is 19.8 Å². The first kappa shape index (κ1) is 17.3. The minimum Gasteiger partial charge on any atom is -0.480 e. The first-order valence-corrected chi connectivity index (χ1v) is 9.68. The Kier molecular flexibility index (Phi) is 5.18. The van der Waals surface area contributed by atoms with Crippen molar-refractivity contribution in [1.82, 2.24) is 10.1 Å². The van der Waals surface area contributed by atoms with Crippen molar-refractivity contribution in [1.29, 1.82) is 0 Å². The Morgan fingerprint density at radius 1 is 1.33 bits per heavy atom. The van der Waals surface area contributed by atoms with Gasteiger partial charge < -0.3 is 14.5 Å². The fourth-order valence-electron chi connectivity index (χ4n) is 4.06. The third-order valence-corrected chi connectivity index (χ3v) is 6.26. The number of nitrogens with zero attached hydrogens (tertiary/aromatic N) is 2. The Morgan fingerprint density at radius 2 is 2.08 bits per heavy atom. The van der Waals surface area contributed by atoms with Gasteiger partial charge in [0.05, 0.1) is 11.4 Å². The largest absolute Gasteiger partial charge is 0.480 e. The number of likely N-dealkylation sites (tertiary alicyclic amines) is 1. The molecule has 0 bridgehead atoms. The number of rotatable bonds is 5. The molecule has 1 N–H and O–H groups in total. The highest BCUT2D eigenvalue weighted by molar-refractivity contribution is 7.99. The van der Waals surface area contributed by atoms with Crippen LogP contribution >= 0.6 is 11.8 Å². The highest BCUT2D eigenvalue weighted by Gasteiger charge is 2.47. The number of amides is 1. The highest BCUT2D eigenvalue weighted by Crippen LogP contribution is 2.40. The van der Waals surface area contributed by atoms with Crippen LogP contribution in [-0.4, -0.2) is 44.9 Å². The summed E-state index contributed by atoms with van der Waals surface area (Å²) in [7, 11) is 0. The van der Waals surface area contributed by atoms with Crippen molar-refractivity contribution in [3.8, 4) is 0 Å². The van der Waals surface area contributed by atoms with Crippen LogP contribution in [0.4, 0.5) is 0 Å². The SMILES string of the molecule is Cc1noc(C)c1CSCC(=O)N1C(C(=O)O)CC2CCCCC21. The second-order valence-electron chi connectivity index (χ2n) is 6.80. The lowest BCUT2D eigenvalue weighted by Gasteiger charge is -2.33. The van der Waals surface area contributed by atoms with Crippen molar-refractivity contribution in [2.75, 3.05) is 5.75 Å². The number of aromatic nitrogens is 1. The van der Waals surface area contributed by atoms with Gasteiger partial charge in [0.1, 0.15) is 11.8 Å². The van der Waals surface area contributed by atoms with Gasteiger partial charge in [-0.05, 0) is 39.0 Å². The number of hydrogen-bond acceptors (Lipinski definition) is 5. The van der Waals surface area contributed by atoms with Crippen LogP contribution in [0.15, 0.2) is 4.52 Å². The maximum Gasteiger partial charge on any atom is 0.326 e. The molecule has 1 aliphatic carbocycles. The molecule has 6 nitrogen and oxygen atoms in total. The summed E-state index contributed by atoms with van der Waals surface area (Å²) in [5.41, 5.74) is 1.88. The predicted octanol–water partition coefficient (Wildman–Crippen LogP) is 2.77. The van der Waals surface area contributed by atoms with E-state index in [0.29, 0.717) is 23.8 Å². The molecule has 1 saturated heterocycles. The van der Waals surface area contributed by atoms with Gasteiger partial charge >= 0.3 is 5.97 Å². The van der Waals surface area contributed by atoms with Gasteiger partial charge in [-0.2, -0.15) is 0 Å². The molecule has 1 aromatic rings. The number of aliphatic carboxylic acids is 1. The van der Waals surface area contributed by atoms with Crippen molar-refractivity contribution in [3.63, 3.8) is 0 Å². The molecule has 1 aliphatic heterocycles. The van der Waals surface area contributed by atoms with Crippen LogP contribution < -0.4 is 0 Å². The molecule has 2 fully saturated rings. The third-order valence-electron chi connectivity index (χ3n) is 5.31. The predicted molar refractivity (Wildman–Crippen MR) is 90.8 cm³/mol. The van der Waals surface area contributed by atoms with E-state index in [9.17, 15) is 14.7 Å². The topological polar surface area (TPSA) is 83.6 Å². The molecule has 1 saturated carbocycles. The zero-order valence-corrected chi connectivity index (χ0v) is 15.0. The fraction of sp³-hybridized carbons (Fsp3) is 0.706. The fourth-order valence-corrected chi connectivity index (χ4v) is 5.10. The number of fused-ring (bicyclic) bond motifs is 1. The molecule has 0 radical (unpaired) electrons. The molecular formula is C17H24N2O4S. The molecule has 1 aromatic heterocycles. The van der Waals surface area contributed by atoms with Crippen LogP contribution in [0.5, 0.6) is 0 Å². The Balaban J connectivity index is 1.63. The van der Waals surface area contributed by atoms with Crippen LogP contribution in [-0.2, 0) is 15.3 Å². The molecule has 3 unspecified atom stereocenters. The first-order chi connectivity index (χ1) is 11.5. The van der Waals surface area contributed by atoms with E-state index in [1.807, 2.05) is 13.8 Å². The van der Waals surface area contributed by atoms with Gasteiger partial charge in [0, 0.05) is 17.4 Å². The van der Waals surface area contributed by atoms with Gasteiger partial charge in [-0.3, -0.25) is 4.79 Å². The summed E-state index contributed by atoms with van der Waals surface area (Å²) < 4.78 is 5.14. The smallest absolute Gasteiger partial charge is 0.326 e. The van der Waals surface area contributed by atoms with Crippen LogP contribution in [0.25, 0.3) is 0 Å². The normalized spacial score (nSPS) is 26.4. The van der Waals surface area contributed by atoms with E-state index in [4.69, 9.17) is 4.52 Å². The van der Waals surface area contributed by atoms with E-state index in [0.717, 1.165) is 42.7 Å². The lowest BCUT2D eigenvalue weighted by atomic mass is 9.85. The maximum atomic E-state index is 12.7. The van der Waals surface area contributed by atoms with Crippen molar-refractivity contribution in [3.05, 3.63) is 17.0 Å². The van der Waals surface area contributed by atoms with E-state index in [1.165, 1.54) is 11.8 Å². The monoisotopic (exact) mass is 352 g/mol. The molecule has 1 amide bonds. The number of aryl methyl sites for hydroxylation is 2. The molecule has 24 heavy (non-hydrogen) atoms. The van der Waals surface area contributed by atoms with Gasteiger partial charge in [-0.25, -0.2) is 4.79 Å². The van der Waals surface area contributed by atoms with Crippen molar-refractivity contribution < 1.29 is 19.2 Å². The van der Waals surface area contributed by atoms with E-state index < -0.39 is 12.0 Å². The molecule has 7 heteroatoms. The minimum atomic E-state index is -0.867. The first-order valence-electron chi connectivity index (χ1n) is 8.52. The molecular weight excluding hydrogens is 328 g/mol. The Labute approximate surface area is 145 Å². The average molecular weight is 352 g/mol. The van der Waals surface area contributed by atoms with Crippen LogP contribution in [0.2, 0.25) is 0 Å². The molecule has 0 aromatic carbocycles. The summed E-state index contributed by atoms with van der Waals surface area (Å²) in [6.07, 6.45) is 4.83. The number of carbonyl (C=O) groups is 2. The number of hydrogen-bond donors (Lipinski definition) is 1. The van der Waals surface area contributed by atoms with E-state index in [2.05, 4.69) is 5.16 Å². The molecule has 2 aliphatic rings. The summed E-state index contributed by atoms with van der Waals surface area (Å²) in [6, 6.07) is -0.530. The number of carbonyl (C=O) groups excluding carboxylic acids is 1. The van der Waals surface area contributed by atoms with Crippen molar-refractivity contribution >= 4 is 23.6 Å². The Hall–Kier alpha value is -1.50. The average Bonchev–Trinajstić information content (AvgIpc) is 3.09. The lowest BCUT2D eigenvalue weighted by Crippen LogP contribution is -2.47. The summed E-state index contributed by atoms with van der Waals surface area (Å²) in [5, 5.41) is 13.4. The summed E-state index contributed by atoms with van der Waals surface area (Å²) in [5.74, 6) is 1.19. The molecule has 3 rings (SSSR count). The summed E-state index contributed by atoms with van der Waals surface area (Å²) in [6.45, 7) is 3.76. The number of carboxylic acids is 1. The van der Waals surface area contributed by atoms with Gasteiger partial charge in [0.15, 0.2) is 0 Å². The minimum absolute atomic E-state index is 0.0476. The van der Waals surface area contributed by atoms with E-state index in [-0.39, 0.29) is 11.9 Å². The molecule has 132 valence electrons. The zero-order valence-electron chi connectivity index (χ0n) is 14.2. The highest BCUT2D eigenvalue weighted by atomic mass is 32.2. The maximum absolute atomic E-state index is 12.7. The number of thioether (sulfide) groups is 1. The molecule has 3 atom stereocenters. The molecule has 2 heterocycles. The Morgan fingerprint density at radius 3 is 2.75 bits per heavy atom. The third kappa shape index (κ3) is 3.31. The van der Waals surface area contributed by atoms with E-state index >= 15 is 0 Å². The standard InChI is InChI=1S/C17H24N2O4S/c1-10-13(11(2)23-18-10)8-24-9-16(20)19-14-6-4-3-5-12(14)7-15(19)17(21)22/h12,14-15H,3-9H2,1-2H3,(H,21,22). The lowest BCUT2D eigenvalue weighted by molar-refractivity contribution is -0.148. The summed E-state index contributed by atoms with van der Waals surface area (Å²) >= 11 is 1.50. The zero-order chi connectivity index (χ0) is 17.3. The second-order valence-corrected chi connectivity index (χ2v) is 7.78. The van der Waals surface area contributed by atoms with Gasteiger partial charge in [-0.1, -0.05) is 18.0 Å². The summed E-state index contributed by atoms with van der Waals surface area (Å²) in [4.78, 5) is 26.0. The van der Waals surface area contributed by atoms with Crippen molar-refractivity contribution in [2.45, 2.75) is 63.8 Å². The van der Waals surface area contributed by atoms with E-state index in [1.54, 1.807) is 4.90 Å². The quantitative estimate of drug-likeness (QED) is 0.877. The van der Waals surface area contributed by atoms with Gasteiger partial charge in [0.25, 0.3) is 0 Å². The van der Waals surface area contributed by atoms with Gasteiger partial charge in [0.2, 0.25) is 5.91 Å². The van der Waals surface area contributed by atoms with Crippen molar-refractivity contribution in [2.24, 2.45) is 5.92 Å². The van der Waals surface area contributed by atoms with Gasteiger partial charge in [-0.15, -0.1) is 11.8 Å². The van der Waals surface area contributed by atoms with Crippen LogP contribution in [0.3, 0.4) is 0 Å². The number of carboxylic acid groups (broad SMARTS) is 1. The second kappa shape index (κ2) is 7.17. The molecule has 0 spiro atoms. The Bertz CT molecular complexity index is 611.